The van der Waals surface area contributed by atoms with Crippen molar-refractivity contribution in [1.82, 2.24) is 0 Å². The van der Waals surface area contributed by atoms with Crippen LogP contribution in [0.2, 0.25) is 0 Å². The summed E-state index contributed by atoms with van der Waals surface area (Å²) in [7, 11) is 0. The van der Waals surface area contributed by atoms with Crippen LogP contribution in [0.4, 0.5) is 30.2 Å². The fourth-order valence-corrected chi connectivity index (χ4v) is 2.18. The number of benzene rings is 2. The highest BCUT2D eigenvalue weighted by atomic mass is 79.9. The molecule has 0 aliphatic rings. The van der Waals surface area contributed by atoms with Gasteiger partial charge in [0.2, 0.25) is 0 Å². The predicted octanol–water partition coefficient (Wildman–Crippen LogP) is 4.98. The van der Waals surface area contributed by atoms with Crippen LogP contribution in [0.5, 0.6) is 5.75 Å². The first-order chi connectivity index (χ1) is 9.74. The van der Waals surface area contributed by atoms with E-state index in [0.29, 0.717) is 17.1 Å². The molecule has 0 unspecified atom stereocenters. The third-order valence-electron chi connectivity index (χ3n) is 2.65. The SMILES string of the molecule is Cc1ccc(N)c(Nc2ccc(OC(F)(F)F)c(Br)c2)c1. The topological polar surface area (TPSA) is 47.3 Å². The van der Waals surface area contributed by atoms with Crippen LogP contribution in [0.3, 0.4) is 0 Å². The Kier molecular flexibility index (Phi) is 4.32. The number of alkyl halides is 3. The van der Waals surface area contributed by atoms with E-state index in [0.717, 1.165) is 5.56 Å². The molecule has 2 aromatic carbocycles. The maximum Gasteiger partial charge on any atom is 0.573 e. The summed E-state index contributed by atoms with van der Waals surface area (Å²) in [5.74, 6) is -0.301. The highest BCUT2D eigenvalue weighted by Crippen LogP contribution is 2.34. The molecule has 0 saturated heterocycles. The van der Waals surface area contributed by atoms with E-state index in [-0.39, 0.29) is 10.2 Å². The molecule has 2 aromatic rings. The second-order valence-electron chi connectivity index (χ2n) is 4.41. The van der Waals surface area contributed by atoms with E-state index < -0.39 is 6.36 Å². The fraction of sp³-hybridized carbons (Fsp3) is 0.143. The first-order valence-electron chi connectivity index (χ1n) is 5.93. The average Bonchev–Trinajstić information content (AvgIpc) is 2.36. The van der Waals surface area contributed by atoms with Crippen LogP contribution in [0.25, 0.3) is 0 Å². The lowest BCUT2D eigenvalue weighted by molar-refractivity contribution is -0.274. The van der Waals surface area contributed by atoms with Gasteiger partial charge in [-0.3, -0.25) is 0 Å². The van der Waals surface area contributed by atoms with Gasteiger partial charge in [0.25, 0.3) is 0 Å². The lowest BCUT2D eigenvalue weighted by Gasteiger charge is -2.13. The number of ether oxygens (including phenoxy) is 1. The van der Waals surface area contributed by atoms with Crippen molar-refractivity contribution < 1.29 is 17.9 Å². The van der Waals surface area contributed by atoms with Crippen LogP contribution in [-0.2, 0) is 0 Å². The quantitative estimate of drug-likeness (QED) is 0.758. The van der Waals surface area contributed by atoms with Crippen LogP contribution < -0.4 is 15.8 Å². The summed E-state index contributed by atoms with van der Waals surface area (Å²) < 4.78 is 40.6. The molecule has 0 fully saturated rings. The molecular formula is C14H12BrF3N2O. The van der Waals surface area contributed by atoms with E-state index in [9.17, 15) is 13.2 Å². The smallest absolute Gasteiger partial charge is 0.405 e. The average molecular weight is 361 g/mol. The molecule has 0 aliphatic heterocycles. The minimum atomic E-state index is -4.72. The van der Waals surface area contributed by atoms with Crippen molar-refractivity contribution in [3.63, 3.8) is 0 Å². The lowest BCUT2D eigenvalue weighted by Crippen LogP contribution is -2.17. The van der Waals surface area contributed by atoms with Gasteiger partial charge >= 0.3 is 6.36 Å². The number of hydrogen-bond donors (Lipinski definition) is 2. The summed E-state index contributed by atoms with van der Waals surface area (Å²) in [6.45, 7) is 1.92. The zero-order valence-corrected chi connectivity index (χ0v) is 12.5. The second-order valence-corrected chi connectivity index (χ2v) is 5.26. The van der Waals surface area contributed by atoms with E-state index in [1.807, 2.05) is 19.1 Å². The van der Waals surface area contributed by atoms with Gasteiger partial charge < -0.3 is 15.8 Å². The van der Waals surface area contributed by atoms with Crippen LogP contribution in [0.15, 0.2) is 40.9 Å². The fourth-order valence-electron chi connectivity index (χ4n) is 1.72. The monoisotopic (exact) mass is 360 g/mol. The summed E-state index contributed by atoms with van der Waals surface area (Å²) in [5.41, 5.74) is 8.68. The molecule has 2 rings (SSSR count). The molecule has 0 aliphatic carbocycles. The van der Waals surface area contributed by atoms with Crippen molar-refractivity contribution in [1.29, 1.82) is 0 Å². The summed E-state index contributed by atoms with van der Waals surface area (Å²) in [4.78, 5) is 0. The molecule has 0 radical (unpaired) electrons. The zero-order chi connectivity index (χ0) is 15.6. The van der Waals surface area contributed by atoms with Gasteiger partial charge in [-0.05, 0) is 58.7 Å². The Balaban J connectivity index is 2.22. The van der Waals surface area contributed by atoms with Crippen molar-refractivity contribution in [2.45, 2.75) is 13.3 Å². The Labute approximate surface area is 128 Å². The summed E-state index contributed by atoms with van der Waals surface area (Å²) in [6, 6.07) is 9.68. The Morgan fingerprint density at radius 2 is 1.86 bits per heavy atom. The van der Waals surface area contributed by atoms with Gasteiger partial charge in [0.05, 0.1) is 15.8 Å². The van der Waals surface area contributed by atoms with Crippen LogP contribution in [0, 0.1) is 6.92 Å². The minimum absolute atomic E-state index is 0.191. The Morgan fingerprint density at radius 1 is 1.14 bits per heavy atom. The standard InChI is InChI=1S/C14H12BrF3N2O/c1-8-2-4-11(19)12(6-8)20-9-3-5-13(10(15)7-9)21-14(16,17)18/h2-7,20H,19H2,1H3. The summed E-state index contributed by atoms with van der Waals surface area (Å²) >= 11 is 3.05. The van der Waals surface area contributed by atoms with Crippen molar-refractivity contribution in [2.24, 2.45) is 0 Å². The highest BCUT2D eigenvalue weighted by molar-refractivity contribution is 9.10. The molecule has 3 N–H and O–H groups in total. The number of aryl methyl sites for hydroxylation is 1. The number of nitrogens with one attached hydrogen (secondary N) is 1. The van der Waals surface area contributed by atoms with Gasteiger partial charge in [-0.2, -0.15) is 0 Å². The van der Waals surface area contributed by atoms with E-state index in [4.69, 9.17) is 5.73 Å². The molecule has 21 heavy (non-hydrogen) atoms. The van der Waals surface area contributed by atoms with Crippen molar-refractivity contribution in [3.05, 3.63) is 46.4 Å². The third kappa shape index (κ3) is 4.29. The number of rotatable bonds is 3. The van der Waals surface area contributed by atoms with E-state index in [1.165, 1.54) is 18.2 Å². The van der Waals surface area contributed by atoms with Gasteiger partial charge in [0.1, 0.15) is 5.75 Å². The Morgan fingerprint density at radius 3 is 2.48 bits per heavy atom. The largest absolute Gasteiger partial charge is 0.573 e. The van der Waals surface area contributed by atoms with Crippen molar-refractivity contribution in [2.75, 3.05) is 11.1 Å². The normalized spacial score (nSPS) is 11.3. The zero-order valence-electron chi connectivity index (χ0n) is 11.0. The van der Waals surface area contributed by atoms with Crippen LogP contribution in [-0.4, -0.2) is 6.36 Å². The molecule has 0 spiro atoms. The van der Waals surface area contributed by atoms with Crippen molar-refractivity contribution >= 4 is 33.0 Å². The van der Waals surface area contributed by atoms with E-state index in [1.54, 1.807) is 6.07 Å². The lowest BCUT2D eigenvalue weighted by atomic mass is 10.2. The van der Waals surface area contributed by atoms with Crippen LogP contribution >= 0.6 is 15.9 Å². The van der Waals surface area contributed by atoms with Gasteiger partial charge in [-0.15, -0.1) is 13.2 Å². The maximum atomic E-state index is 12.2. The van der Waals surface area contributed by atoms with E-state index >= 15 is 0 Å². The molecule has 0 aromatic heterocycles. The minimum Gasteiger partial charge on any atom is -0.405 e. The molecule has 0 atom stereocenters. The second kappa shape index (κ2) is 5.85. The first kappa shape index (κ1) is 15.5. The third-order valence-corrected chi connectivity index (χ3v) is 3.27. The molecule has 112 valence electrons. The first-order valence-corrected chi connectivity index (χ1v) is 6.72. The van der Waals surface area contributed by atoms with E-state index in [2.05, 4.69) is 26.0 Å². The Hall–Kier alpha value is -1.89. The van der Waals surface area contributed by atoms with Gasteiger partial charge in [0, 0.05) is 5.69 Å². The predicted molar refractivity (Wildman–Crippen MR) is 79.7 cm³/mol. The Bertz CT molecular complexity index is 659. The molecule has 0 amide bonds. The summed E-state index contributed by atoms with van der Waals surface area (Å²) in [6.07, 6.45) is -4.72. The van der Waals surface area contributed by atoms with Gasteiger partial charge in [0.15, 0.2) is 0 Å². The van der Waals surface area contributed by atoms with Crippen molar-refractivity contribution in [3.8, 4) is 5.75 Å². The summed E-state index contributed by atoms with van der Waals surface area (Å²) in [5, 5.41) is 3.05. The highest BCUT2D eigenvalue weighted by Gasteiger charge is 2.31. The number of anilines is 3. The molecular weight excluding hydrogens is 349 g/mol. The number of halogens is 4. The maximum absolute atomic E-state index is 12.2. The van der Waals surface area contributed by atoms with Gasteiger partial charge in [-0.25, -0.2) is 0 Å². The molecule has 0 saturated carbocycles. The molecule has 3 nitrogen and oxygen atoms in total. The number of hydrogen-bond acceptors (Lipinski definition) is 3. The number of nitrogens with two attached hydrogens (primary N) is 1. The van der Waals surface area contributed by atoms with Gasteiger partial charge in [-0.1, -0.05) is 6.07 Å². The molecule has 7 heteroatoms. The number of nitrogen functional groups attached to an aromatic ring is 1. The molecule has 0 bridgehead atoms. The van der Waals surface area contributed by atoms with Crippen LogP contribution in [0.1, 0.15) is 5.56 Å². The molecule has 0 heterocycles.